The Kier molecular flexibility index (Phi) is 5.18. The second kappa shape index (κ2) is 7.93. The fourth-order valence-electron chi connectivity index (χ4n) is 3.94. The average Bonchev–Trinajstić information content (AvgIpc) is 3.01. The van der Waals surface area contributed by atoms with E-state index in [4.69, 9.17) is 5.73 Å². The molecule has 1 atom stereocenters. The van der Waals surface area contributed by atoms with Gasteiger partial charge in [-0.05, 0) is 49.7 Å². The van der Waals surface area contributed by atoms with Gasteiger partial charge >= 0.3 is 0 Å². The molecule has 0 saturated carbocycles. The number of imide groups is 1. The van der Waals surface area contributed by atoms with Gasteiger partial charge in [0.25, 0.3) is 11.8 Å². The fourth-order valence-corrected chi connectivity index (χ4v) is 3.94. The molecule has 0 bridgehead atoms. The summed E-state index contributed by atoms with van der Waals surface area (Å²) in [4.78, 5) is 24.7. The van der Waals surface area contributed by atoms with Gasteiger partial charge in [0.1, 0.15) is 0 Å². The average molecular weight is 388 g/mol. The molecule has 6 nitrogen and oxygen atoms in total. The topological polar surface area (TPSA) is 96.2 Å². The molecule has 1 aliphatic heterocycles. The zero-order valence-corrected chi connectivity index (χ0v) is 16.1. The lowest BCUT2D eigenvalue weighted by molar-refractivity contribution is -0.124. The first-order valence-electron chi connectivity index (χ1n) is 9.78. The molecule has 0 spiro atoms. The van der Waals surface area contributed by atoms with Crippen molar-refractivity contribution in [3.63, 3.8) is 0 Å². The number of hydrogen-bond donors (Lipinski definition) is 4. The SMILES string of the molecule is NCCCC1(Nc2ccccc2)CC2=C(C=C1Nc1ccccc1)C(=O)NC2=O. The van der Waals surface area contributed by atoms with Crippen molar-refractivity contribution in [3.05, 3.63) is 83.6 Å². The van der Waals surface area contributed by atoms with Gasteiger partial charge < -0.3 is 16.4 Å². The van der Waals surface area contributed by atoms with E-state index >= 15 is 0 Å². The van der Waals surface area contributed by atoms with Gasteiger partial charge in [-0.3, -0.25) is 14.9 Å². The highest BCUT2D eigenvalue weighted by Gasteiger charge is 2.44. The first-order valence-corrected chi connectivity index (χ1v) is 9.78. The Labute approximate surface area is 169 Å². The van der Waals surface area contributed by atoms with Crippen LogP contribution in [0.2, 0.25) is 0 Å². The fraction of sp³-hybridized carbons (Fsp3) is 0.217. The highest BCUT2D eigenvalue weighted by Crippen LogP contribution is 2.41. The van der Waals surface area contributed by atoms with Gasteiger partial charge in [-0.15, -0.1) is 0 Å². The Balaban J connectivity index is 1.79. The summed E-state index contributed by atoms with van der Waals surface area (Å²) < 4.78 is 0. The number of carbonyl (C=O) groups excluding carboxylic acids is 2. The van der Waals surface area contributed by atoms with Crippen molar-refractivity contribution < 1.29 is 9.59 Å². The molecule has 148 valence electrons. The monoisotopic (exact) mass is 388 g/mol. The number of para-hydroxylation sites is 2. The summed E-state index contributed by atoms with van der Waals surface area (Å²) in [5.41, 5.74) is 8.92. The molecule has 0 saturated heterocycles. The van der Waals surface area contributed by atoms with E-state index in [0.29, 0.717) is 30.5 Å². The van der Waals surface area contributed by atoms with Gasteiger partial charge in [0.15, 0.2) is 0 Å². The van der Waals surface area contributed by atoms with Gasteiger partial charge in [-0.25, -0.2) is 0 Å². The van der Waals surface area contributed by atoms with E-state index in [9.17, 15) is 9.59 Å². The van der Waals surface area contributed by atoms with Crippen LogP contribution in [0.3, 0.4) is 0 Å². The first-order chi connectivity index (χ1) is 14.1. The number of benzene rings is 2. The zero-order chi connectivity index (χ0) is 20.3. The van der Waals surface area contributed by atoms with E-state index < -0.39 is 5.54 Å². The number of hydrogen-bond acceptors (Lipinski definition) is 5. The molecule has 0 fully saturated rings. The molecule has 1 unspecified atom stereocenters. The summed E-state index contributed by atoms with van der Waals surface area (Å²) in [6.07, 6.45) is 3.69. The lowest BCUT2D eigenvalue weighted by Crippen LogP contribution is -2.46. The third kappa shape index (κ3) is 3.79. The Morgan fingerprint density at radius 1 is 0.931 bits per heavy atom. The summed E-state index contributed by atoms with van der Waals surface area (Å²) in [6.45, 7) is 0.536. The van der Waals surface area contributed by atoms with Crippen molar-refractivity contribution in [2.75, 3.05) is 17.2 Å². The number of nitrogens with one attached hydrogen (secondary N) is 3. The molecule has 2 amide bonds. The minimum absolute atomic E-state index is 0.313. The number of carbonyl (C=O) groups is 2. The predicted molar refractivity (Wildman–Crippen MR) is 114 cm³/mol. The summed E-state index contributed by atoms with van der Waals surface area (Å²) in [5, 5.41) is 9.54. The van der Waals surface area contributed by atoms with Crippen molar-refractivity contribution in [2.24, 2.45) is 5.73 Å². The van der Waals surface area contributed by atoms with Crippen molar-refractivity contribution in [1.29, 1.82) is 0 Å². The van der Waals surface area contributed by atoms with E-state index in [2.05, 4.69) is 16.0 Å². The van der Waals surface area contributed by atoms with Crippen LogP contribution in [0.1, 0.15) is 19.3 Å². The van der Waals surface area contributed by atoms with Gasteiger partial charge in [-0.1, -0.05) is 36.4 Å². The van der Waals surface area contributed by atoms with Crippen LogP contribution < -0.4 is 21.7 Å². The Bertz CT molecular complexity index is 982. The van der Waals surface area contributed by atoms with Gasteiger partial charge in [0.2, 0.25) is 0 Å². The Morgan fingerprint density at radius 3 is 2.24 bits per heavy atom. The van der Waals surface area contributed by atoms with Crippen LogP contribution in [0.15, 0.2) is 83.6 Å². The van der Waals surface area contributed by atoms with Crippen LogP contribution in [0, 0.1) is 0 Å². The standard InChI is InChI=1S/C23H24N4O2/c24-13-7-12-23(27-17-10-5-2-6-11-17)15-19-18(21(28)26-22(19)29)14-20(23)25-16-8-3-1-4-9-16/h1-6,8-11,14,25,27H,7,12-13,15,24H2,(H,26,28,29). The highest BCUT2D eigenvalue weighted by molar-refractivity contribution is 6.21. The number of rotatable bonds is 7. The van der Waals surface area contributed by atoms with Gasteiger partial charge in [0, 0.05) is 29.1 Å². The molecule has 0 radical (unpaired) electrons. The molecule has 2 aliphatic rings. The number of nitrogens with two attached hydrogens (primary N) is 1. The third-order valence-corrected chi connectivity index (χ3v) is 5.37. The summed E-state index contributed by atoms with van der Waals surface area (Å²) in [5.74, 6) is -0.656. The van der Waals surface area contributed by atoms with Crippen LogP contribution in [0.5, 0.6) is 0 Å². The molecule has 6 heteroatoms. The van der Waals surface area contributed by atoms with E-state index in [1.54, 1.807) is 6.08 Å². The van der Waals surface area contributed by atoms with Crippen LogP contribution in [-0.4, -0.2) is 23.9 Å². The summed E-state index contributed by atoms with van der Waals surface area (Å²) in [6, 6.07) is 19.7. The molecule has 0 aromatic heterocycles. The maximum Gasteiger partial charge on any atom is 0.258 e. The molecule has 4 rings (SSSR count). The zero-order valence-electron chi connectivity index (χ0n) is 16.1. The molecule has 29 heavy (non-hydrogen) atoms. The van der Waals surface area contributed by atoms with Crippen LogP contribution in [-0.2, 0) is 9.59 Å². The second-order valence-electron chi connectivity index (χ2n) is 7.37. The van der Waals surface area contributed by atoms with Crippen molar-refractivity contribution in [2.45, 2.75) is 24.8 Å². The molecule has 1 heterocycles. The smallest absolute Gasteiger partial charge is 0.258 e. The van der Waals surface area contributed by atoms with Crippen LogP contribution in [0.4, 0.5) is 11.4 Å². The Morgan fingerprint density at radius 2 is 1.59 bits per heavy atom. The van der Waals surface area contributed by atoms with Crippen molar-refractivity contribution in [1.82, 2.24) is 5.32 Å². The molecule has 1 aliphatic carbocycles. The minimum atomic E-state index is -0.586. The molecule has 2 aromatic carbocycles. The summed E-state index contributed by atoms with van der Waals surface area (Å²) in [7, 11) is 0. The molecule has 2 aromatic rings. The normalized spacial score (nSPS) is 20.8. The van der Waals surface area contributed by atoms with E-state index in [1.165, 1.54) is 0 Å². The molecule has 5 N–H and O–H groups in total. The highest BCUT2D eigenvalue weighted by atomic mass is 16.2. The van der Waals surface area contributed by atoms with Crippen LogP contribution in [0.25, 0.3) is 0 Å². The molecular formula is C23H24N4O2. The van der Waals surface area contributed by atoms with E-state index in [0.717, 1.165) is 23.5 Å². The maximum atomic E-state index is 12.4. The lowest BCUT2D eigenvalue weighted by Gasteiger charge is -2.41. The van der Waals surface area contributed by atoms with Crippen molar-refractivity contribution >= 4 is 23.2 Å². The summed E-state index contributed by atoms with van der Waals surface area (Å²) >= 11 is 0. The number of amides is 2. The second-order valence-corrected chi connectivity index (χ2v) is 7.37. The predicted octanol–water partition coefficient (Wildman–Crippen LogP) is 2.93. The van der Waals surface area contributed by atoms with E-state index in [1.807, 2.05) is 60.7 Å². The van der Waals surface area contributed by atoms with Crippen molar-refractivity contribution in [3.8, 4) is 0 Å². The van der Waals surface area contributed by atoms with Gasteiger partial charge in [0.05, 0.1) is 11.1 Å². The van der Waals surface area contributed by atoms with Gasteiger partial charge in [-0.2, -0.15) is 0 Å². The Hall–Kier alpha value is -3.38. The lowest BCUT2D eigenvalue weighted by atomic mass is 9.77. The minimum Gasteiger partial charge on any atom is -0.374 e. The van der Waals surface area contributed by atoms with Crippen LogP contribution >= 0.6 is 0 Å². The van der Waals surface area contributed by atoms with E-state index in [-0.39, 0.29) is 11.8 Å². The quantitative estimate of drug-likeness (QED) is 0.547. The maximum absolute atomic E-state index is 12.4. The first kappa shape index (κ1) is 19.0. The molecular weight excluding hydrogens is 364 g/mol. The largest absolute Gasteiger partial charge is 0.374 e. The number of anilines is 2. The third-order valence-electron chi connectivity index (χ3n) is 5.37.